The van der Waals surface area contributed by atoms with E-state index in [4.69, 9.17) is 21.2 Å². The van der Waals surface area contributed by atoms with Crippen LogP contribution >= 0.6 is 11.6 Å². The minimum atomic E-state index is -1.15. The largest absolute Gasteiger partial charge is 0.475 e. The second-order valence-corrected chi connectivity index (χ2v) is 4.58. The number of nitrogens with one attached hydrogen (secondary N) is 1. The van der Waals surface area contributed by atoms with Crippen LogP contribution in [-0.2, 0) is 0 Å². The molecule has 3 aromatic rings. The number of aromatic carboxylic acids is 1. The highest BCUT2D eigenvalue weighted by atomic mass is 35.5. The van der Waals surface area contributed by atoms with E-state index in [2.05, 4.69) is 10.1 Å². The van der Waals surface area contributed by atoms with E-state index in [0.717, 1.165) is 22.2 Å². The van der Waals surface area contributed by atoms with Crippen molar-refractivity contribution in [2.45, 2.75) is 6.92 Å². The van der Waals surface area contributed by atoms with Gasteiger partial charge in [0.05, 0.1) is 5.02 Å². The van der Waals surface area contributed by atoms with Gasteiger partial charge in [0.2, 0.25) is 5.76 Å². The highest BCUT2D eigenvalue weighted by Crippen LogP contribution is 2.36. The maximum Gasteiger partial charge on any atom is 0.374 e. The van der Waals surface area contributed by atoms with Gasteiger partial charge in [-0.2, -0.15) is 0 Å². The molecular formula is C13H9ClN2O3. The van der Waals surface area contributed by atoms with Crippen molar-refractivity contribution in [2.75, 3.05) is 0 Å². The van der Waals surface area contributed by atoms with Crippen molar-refractivity contribution in [3.8, 4) is 11.3 Å². The first-order chi connectivity index (χ1) is 9.08. The number of nitrogens with zero attached hydrogens (tertiary/aromatic N) is 1. The lowest BCUT2D eigenvalue weighted by atomic mass is 10.1. The zero-order valence-electron chi connectivity index (χ0n) is 9.90. The van der Waals surface area contributed by atoms with E-state index in [1.165, 1.54) is 6.07 Å². The Kier molecular flexibility index (Phi) is 2.57. The van der Waals surface area contributed by atoms with Crippen molar-refractivity contribution < 1.29 is 14.4 Å². The predicted octanol–water partition coefficient (Wildman–Crippen LogP) is 3.48. The van der Waals surface area contributed by atoms with Gasteiger partial charge in [-0.1, -0.05) is 22.8 Å². The molecule has 3 rings (SSSR count). The summed E-state index contributed by atoms with van der Waals surface area (Å²) in [6.45, 7) is 1.88. The standard InChI is InChI=1S/C13H9ClN2O3/c1-6-11(9-5-10(13(17)18)19-16-9)12-7(14)3-2-4-8(12)15-6/h2-5,15H,1H3,(H,17,18). The number of fused-ring (bicyclic) bond motifs is 1. The lowest BCUT2D eigenvalue weighted by Crippen LogP contribution is -1.91. The van der Waals surface area contributed by atoms with Gasteiger partial charge in [-0.15, -0.1) is 0 Å². The summed E-state index contributed by atoms with van der Waals surface area (Å²) < 4.78 is 4.79. The van der Waals surface area contributed by atoms with Crippen molar-refractivity contribution in [1.29, 1.82) is 0 Å². The number of benzene rings is 1. The van der Waals surface area contributed by atoms with Crippen LogP contribution in [0.4, 0.5) is 0 Å². The molecule has 0 unspecified atom stereocenters. The quantitative estimate of drug-likeness (QED) is 0.751. The van der Waals surface area contributed by atoms with Crippen molar-refractivity contribution in [2.24, 2.45) is 0 Å². The zero-order valence-corrected chi connectivity index (χ0v) is 10.7. The third kappa shape index (κ3) is 1.79. The smallest absolute Gasteiger partial charge is 0.374 e. The lowest BCUT2D eigenvalue weighted by molar-refractivity contribution is 0.0652. The Morgan fingerprint density at radius 3 is 2.95 bits per heavy atom. The summed E-state index contributed by atoms with van der Waals surface area (Å²) in [6.07, 6.45) is 0. The van der Waals surface area contributed by atoms with Crippen molar-refractivity contribution in [3.05, 3.63) is 40.7 Å². The fraction of sp³-hybridized carbons (Fsp3) is 0.0769. The molecule has 0 saturated heterocycles. The average Bonchev–Trinajstić information content (AvgIpc) is 2.93. The van der Waals surface area contributed by atoms with Crippen LogP contribution in [0.5, 0.6) is 0 Å². The molecule has 0 spiro atoms. The number of aromatic amines is 1. The average molecular weight is 277 g/mol. The number of aromatic nitrogens is 2. The van der Waals surface area contributed by atoms with Gasteiger partial charge < -0.3 is 14.6 Å². The molecule has 0 amide bonds. The van der Waals surface area contributed by atoms with Crippen LogP contribution in [0.1, 0.15) is 16.2 Å². The Morgan fingerprint density at radius 1 is 1.47 bits per heavy atom. The molecule has 0 radical (unpaired) electrons. The number of hydrogen-bond donors (Lipinski definition) is 2. The van der Waals surface area contributed by atoms with E-state index >= 15 is 0 Å². The first-order valence-electron chi connectivity index (χ1n) is 5.55. The molecule has 0 aliphatic heterocycles. The molecule has 0 atom stereocenters. The Labute approximate surface area is 112 Å². The van der Waals surface area contributed by atoms with E-state index in [9.17, 15) is 4.79 Å². The van der Waals surface area contributed by atoms with Crippen LogP contribution in [-0.4, -0.2) is 21.2 Å². The molecule has 0 saturated carbocycles. The minimum absolute atomic E-state index is 0.198. The van der Waals surface area contributed by atoms with Crippen LogP contribution in [0, 0.1) is 6.92 Å². The summed E-state index contributed by atoms with van der Waals surface area (Å²) in [4.78, 5) is 14.0. The number of halogens is 1. The summed E-state index contributed by atoms with van der Waals surface area (Å²) in [7, 11) is 0. The van der Waals surface area contributed by atoms with Gasteiger partial charge in [0.1, 0.15) is 5.69 Å². The van der Waals surface area contributed by atoms with Gasteiger partial charge in [0, 0.05) is 28.2 Å². The molecule has 5 nitrogen and oxygen atoms in total. The maximum absolute atomic E-state index is 10.8. The molecule has 0 aliphatic rings. The molecule has 2 aromatic heterocycles. The van der Waals surface area contributed by atoms with Crippen molar-refractivity contribution >= 4 is 28.5 Å². The van der Waals surface area contributed by atoms with E-state index in [-0.39, 0.29) is 5.76 Å². The van der Waals surface area contributed by atoms with Crippen molar-refractivity contribution in [1.82, 2.24) is 10.1 Å². The molecule has 96 valence electrons. The molecule has 1 aromatic carbocycles. The van der Waals surface area contributed by atoms with Crippen LogP contribution in [0.15, 0.2) is 28.8 Å². The zero-order chi connectivity index (χ0) is 13.6. The number of aryl methyl sites for hydroxylation is 1. The molecule has 0 bridgehead atoms. The predicted molar refractivity (Wildman–Crippen MR) is 70.5 cm³/mol. The number of carboxylic acid groups (broad SMARTS) is 1. The van der Waals surface area contributed by atoms with Gasteiger partial charge in [-0.3, -0.25) is 0 Å². The van der Waals surface area contributed by atoms with Crippen LogP contribution in [0.2, 0.25) is 5.02 Å². The fourth-order valence-corrected chi connectivity index (χ4v) is 2.42. The second kappa shape index (κ2) is 4.13. The normalized spacial score (nSPS) is 11.1. The summed E-state index contributed by atoms with van der Waals surface area (Å²) in [5.74, 6) is -1.35. The van der Waals surface area contributed by atoms with Gasteiger partial charge in [-0.05, 0) is 19.1 Å². The summed E-state index contributed by atoms with van der Waals surface area (Å²) in [5.41, 5.74) is 2.94. The van der Waals surface area contributed by atoms with Gasteiger partial charge in [-0.25, -0.2) is 4.79 Å². The summed E-state index contributed by atoms with van der Waals surface area (Å²) >= 11 is 6.20. The van der Waals surface area contributed by atoms with Gasteiger partial charge in [0.15, 0.2) is 0 Å². The first-order valence-corrected chi connectivity index (χ1v) is 5.93. The highest BCUT2D eigenvalue weighted by molar-refractivity contribution is 6.36. The van der Waals surface area contributed by atoms with E-state index in [1.54, 1.807) is 6.07 Å². The third-order valence-electron chi connectivity index (χ3n) is 2.94. The summed E-state index contributed by atoms with van der Waals surface area (Å²) in [5, 5.41) is 14.1. The van der Waals surface area contributed by atoms with Crippen LogP contribution < -0.4 is 0 Å². The second-order valence-electron chi connectivity index (χ2n) is 4.17. The van der Waals surface area contributed by atoms with Crippen LogP contribution in [0.25, 0.3) is 22.2 Å². The molecule has 2 heterocycles. The molecule has 2 N–H and O–H groups in total. The summed E-state index contributed by atoms with van der Waals surface area (Å²) in [6, 6.07) is 6.91. The fourth-order valence-electron chi connectivity index (χ4n) is 2.15. The lowest BCUT2D eigenvalue weighted by Gasteiger charge is -1.97. The Morgan fingerprint density at radius 2 is 2.26 bits per heavy atom. The monoisotopic (exact) mass is 276 g/mol. The molecule has 19 heavy (non-hydrogen) atoms. The molecular weight excluding hydrogens is 268 g/mol. The number of H-pyrrole nitrogens is 1. The Hall–Kier alpha value is -2.27. The minimum Gasteiger partial charge on any atom is -0.475 e. The maximum atomic E-state index is 10.8. The number of carbonyl (C=O) groups is 1. The SMILES string of the molecule is Cc1[nH]c2cccc(Cl)c2c1-c1cc(C(=O)O)on1. The van der Waals surface area contributed by atoms with E-state index in [0.29, 0.717) is 10.7 Å². The van der Waals surface area contributed by atoms with Gasteiger partial charge >= 0.3 is 5.97 Å². The van der Waals surface area contributed by atoms with Gasteiger partial charge in [0.25, 0.3) is 0 Å². The third-order valence-corrected chi connectivity index (χ3v) is 3.25. The molecule has 0 fully saturated rings. The number of hydrogen-bond acceptors (Lipinski definition) is 3. The Bertz CT molecular complexity index is 788. The number of rotatable bonds is 2. The number of carboxylic acids is 1. The topological polar surface area (TPSA) is 79.1 Å². The first kappa shape index (κ1) is 11.8. The van der Waals surface area contributed by atoms with E-state index < -0.39 is 5.97 Å². The molecule has 0 aliphatic carbocycles. The molecule has 6 heteroatoms. The van der Waals surface area contributed by atoms with E-state index in [1.807, 2.05) is 19.1 Å². The highest BCUT2D eigenvalue weighted by Gasteiger charge is 2.19. The van der Waals surface area contributed by atoms with Crippen LogP contribution in [0.3, 0.4) is 0 Å². The van der Waals surface area contributed by atoms with Crippen molar-refractivity contribution in [3.63, 3.8) is 0 Å². The Balaban J connectivity index is 2.29.